The van der Waals surface area contributed by atoms with Gasteiger partial charge in [0.2, 0.25) is 0 Å². The van der Waals surface area contributed by atoms with Gasteiger partial charge in [0.25, 0.3) is 0 Å². The maximum Gasteiger partial charge on any atom is 0.0591 e. The van der Waals surface area contributed by atoms with E-state index in [4.69, 9.17) is 17.3 Å². The zero-order chi connectivity index (χ0) is 10.6. The fraction of sp³-hybridized carbons (Fsp3) is 0.400. The molecule has 14 heavy (non-hydrogen) atoms. The predicted molar refractivity (Wildman–Crippen MR) is 67.3 cm³/mol. The third-order valence-electron chi connectivity index (χ3n) is 1.83. The lowest BCUT2D eigenvalue weighted by atomic mass is 10.2. The lowest BCUT2D eigenvalue weighted by Gasteiger charge is -2.15. The summed E-state index contributed by atoms with van der Waals surface area (Å²) >= 11 is 7.68. The van der Waals surface area contributed by atoms with Crippen LogP contribution in [0.25, 0.3) is 0 Å². The van der Waals surface area contributed by atoms with E-state index in [-0.39, 0.29) is 0 Å². The van der Waals surface area contributed by atoms with Gasteiger partial charge >= 0.3 is 0 Å². The van der Waals surface area contributed by atoms with Crippen LogP contribution in [-0.2, 0) is 0 Å². The van der Waals surface area contributed by atoms with Crippen molar-refractivity contribution >= 4 is 34.7 Å². The van der Waals surface area contributed by atoms with Gasteiger partial charge in [0, 0.05) is 16.8 Å². The topological polar surface area (TPSA) is 38.0 Å². The smallest absolute Gasteiger partial charge is 0.0591 e. The molecular formula is C10H15ClN2S. The molecule has 1 aromatic rings. The second kappa shape index (κ2) is 5.37. The van der Waals surface area contributed by atoms with Crippen molar-refractivity contribution in [3.05, 3.63) is 23.2 Å². The van der Waals surface area contributed by atoms with Crippen LogP contribution in [0.3, 0.4) is 0 Å². The van der Waals surface area contributed by atoms with Crippen LogP contribution >= 0.6 is 23.4 Å². The van der Waals surface area contributed by atoms with E-state index >= 15 is 0 Å². The normalized spacial score (nSPS) is 12.5. The number of nitrogens with two attached hydrogens (primary N) is 1. The fourth-order valence-electron chi connectivity index (χ4n) is 1.21. The van der Waals surface area contributed by atoms with E-state index in [1.807, 2.05) is 12.1 Å². The van der Waals surface area contributed by atoms with Crippen molar-refractivity contribution < 1.29 is 0 Å². The summed E-state index contributed by atoms with van der Waals surface area (Å²) < 4.78 is 0. The van der Waals surface area contributed by atoms with Gasteiger partial charge in [-0.3, -0.25) is 0 Å². The minimum absolute atomic E-state index is 0.394. The second-order valence-electron chi connectivity index (χ2n) is 3.23. The molecule has 0 fully saturated rings. The maximum atomic E-state index is 5.88. The number of rotatable bonds is 4. The first-order valence-corrected chi connectivity index (χ1v) is 6.21. The third-order valence-corrected chi connectivity index (χ3v) is 2.90. The molecule has 1 atom stereocenters. The largest absolute Gasteiger partial charge is 0.397 e. The lowest BCUT2D eigenvalue weighted by molar-refractivity contribution is 0.915. The van der Waals surface area contributed by atoms with E-state index < -0.39 is 0 Å². The van der Waals surface area contributed by atoms with Gasteiger partial charge in [0.15, 0.2) is 0 Å². The molecule has 1 aromatic carbocycles. The molecule has 0 spiro atoms. The van der Waals surface area contributed by atoms with Gasteiger partial charge in [-0.25, -0.2) is 0 Å². The molecule has 0 aliphatic heterocycles. The van der Waals surface area contributed by atoms with Gasteiger partial charge in [-0.15, -0.1) is 0 Å². The van der Waals surface area contributed by atoms with Crippen LogP contribution in [0.1, 0.15) is 6.92 Å². The molecule has 1 unspecified atom stereocenters. The van der Waals surface area contributed by atoms with Crippen molar-refractivity contribution in [3.63, 3.8) is 0 Å². The highest BCUT2D eigenvalue weighted by atomic mass is 35.5. The van der Waals surface area contributed by atoms with Crippen molar-refractivity contribution in [2.45, 2.75) is 13.0 Å². The van der Waals surface area contributed by atoms with Crippen molar-refractivity contribution in [1.29, 1.82) is 0 Å². The summed E-state index contributed by atoms with van der Waals surface area (Å²) in [6.07, 6.45) is 2.08. The summed E-state index contributed by atoms with van der Waals surface area (Å²) in [5, 5.41) is 4.03. The van der Waals surface area contributed by atoms with Crippen molar-refractivity contribution in [3.8, 4) is 0 Å². The minimum atomic E-state index is 0.394. The molecule has 0 saturated carbocycles. The maximum absolute atomic E-state index is 5.88. The van der Waals surface area contributed by atoms with Gasteiger partial charge in [-0.05, 0) is 31.4 Å². The zero-order valence-corrected chi connectivity index (χ0v) is 9.95. The van der Waals surface area contributed by atoms with Crippen LogP contribution in [0, 0.1) is 0 Å². The summed E-state index contributed by atoms with van der Waals surface area (Å²) in [5.41, 5.74) is 7.46. The number of halogens is 1. The Balaban J connectivity index is 2.70. The number of hydrogen-bond donors (Lipinski definition) is 2. The first-order valence-electron chi connectivity index (χ1n) is 4.44. The second-order valence-corrected chi connectivity index (χ2v) is 4.58. The van der Waals surface area contributed by atoms with E-state index in [2.05, 4.69) is 18.5 Å². The number of hydrogen-bond acceptors (Lipinski definition) is 3. The summed E-state index contributed by atoms with van der Waals surface area (Å²) in [5.74, 6) is 1.05. The molecule has 3 N–H and O–H groups in total. The fourth-order valence-corrected chi connectivity index (χ4v) is 1.97. The van der Waals surface area contributed by atoms with Crippen molar-refractivity contribution in [2.24, 2.45) is 0 Å². The number of benzene rings is 1. The number of anilines is 2. The van der Waals surface area contributed by atoms with E-state index in [0.717, 1.165) is 17.1 Å². The van der Waals surface area contributed by atoms with Crippen LogP contribution in [-0.4, -0.2) is 18.1 Å². The minimum Gasteiger partial charge on any atom is -0.397 e. The summed E-state index contributed by atoms with van der Waals surface area (Å²) in [6, 6.07) is 5.86. The highest BCUT2D eigenvalue weighted by molar-refractivity contribution is 7.98. The van der Waals surface area contributed by atoms with Gasteiger partial charge in [0.05, 0.1) is 11.4 Å². The molecule has 0 saturated heterocycles. The molecule has 1 rings (SSSR count). The Kier molecular flexibility index (Phi) is 4.42. The quantitative estimate of drug-likeness (QED) is 0.781. The zero-order valence-electron chi connectivity index (χ0n) is 8.38. The molecule has 78 valence electrons. The third kappa shape index (κ3) is 3.31. The van der Waals surface area contributed by atoms with E-state index in [0.29, 0.717) is 11.1 Å². The van der Waals surface area contributed by atoms with Crippen LogP contribution in [0.4, 0.5) is 11.4 Å². The molecule has 0 aliphatic carbocycles. The Labute approximate surface area is 94.2 Å². The van der Waals surface area contributed by atoms with E-state index in [1.54, 1.807) is 17.8 Å². The molecule has 0 radical (unpaired) electrons. The Hall–Kier alpha value is -0.540. The average molecular weight is 231 g/mol. The number of nitrogens with one attached hydrogen (secondary N) is 1. The van der Waals surface area contributed by atoms with Gasteiger partial charge in [-0.1, -0.05) is 11.6 Å². The van der Waals surface area contributed by atoms with Crippen LogP contribution in [0.5, 0.6) is 0 Å². The monoisotopic (exact) mass is 230 g/mol. The van der Waals surface area contributed by atoms with Gasteiger partial charge in [-0.2, -0.15) is 11.8 Å². The Bertz CT molecular complexity index is 304. The Morgan fingerprint density at radius 1 is 1.57 bits per heavy atom. The first-order chi connectivity index (χ1) is 6.63. The van der Waals surface area contributed by atoms with Crippen molar-refractivity contribution in [2.75, 3.05) is 23.1 Å². The standard InChI is InChI=1S/C10H15ClN2S/c1-7(6-14-2)13-10-5-8(11)3-4-9(10)12/h3-5,7,13H,6,12H2,1-2H3. The SMILES string of the molecule is CSCC(C)Nc1cc(Cl)ccc1N. The van der Waals surface area contributed by atoms with Crippen LogP contribution in [0.15, 0.2) is 18.2 Å². The molecule has 0 heterocycles. The molecule has 0 amide bonds. The molecule has 0 aromatic heterocycles. The number of thioether (sulfide) groups is 1. The highest BCUT2D eigenvalue weighted by Crippen LogP contribution is 2.23. The molecule has 0 aliphatic rings. The van der Waals surface area contributed by atoms with Gasteiger partial charge < -0.3 is 11.1 Å². The average Bonchev–Trinajstić information content (AvgIpc) is 2.12. The highest BCUT2D eigenvalue weighted by Gasteiger charge is 2.04. The summed E-state index contributed by atoms with van der Waals surface area (Å²) in [6.45, 7) is 2.12. The summed E-state index contributed by atoms with van der Waals surface area (Å²) in [4.78, 5) is 0. The van der Waals surface area contributed by atoms with Crippen LogP contribution in [0.2, 0.25) is 5.02 Å². The Morgan fingerprint density at radius 2 is 2.29 bits per heavy atom. The molecule has 2 nitrogen and oxygen atoms in total. The van der Waals surface area contributed by atoms with E-state index in [9.17, 15) is 0 Å². The van der Waals surface area contributed by atoms with Gasteiger partial charge in [0.1, 0.15) is 0 Å². The number of nitrogen functional groups attached to an aromatic ring is 1. The van der Waals surface area contributed by atoms with Crippen molar-refractivity contribution in [1.82, 2.24) is 0 Å². The predicted octanol–water partition coefficient (Wildman–Crippen LogP) is 3.09. The first kappa shape index (κ1) is 11.5. The van der Waals surface area contributed by atoms with E-state index in [1.165, 1.54) is 0 Å². The van der Waals surface area contributed by atoms with Crippen LogP contribution < -0.4 is 11.1 Å². The molecule has 0 bridgehead atoms. The Morgan fingerprint density at radius 3 is 2.93 bits per heavy atom. The summed E-state index contributed by atoms with van der Waals surface area (Å²) in [7, 11) is 0. The molecule has 4 heteroatoms. The molecular weight excluding hydrogens is 216 g/mol. The lowest BCUT2D eigenvalue weighted by Crippen LogP contribution is -2.18.